The van der Waals surface area contributed by atoms with Crippen LogP contribution in [0.1, 0.15) is 25.8 Å². The van der Waals surface area contributed by atoms with E-state index >= 15 is 0 Å². The van der Waals surface area contributed by atoms with Gasteiger partial charge in [-0.15, -0.1) is 0 Å². The summed E-state index contributed by atoms with van der Waals surface area (Å²) < 4.78 is 15.9. The summed E-state index contributed by atoms with van der Waals surface area (Å²) in [6.45, 7) is 6.24. The predicted octanol–water partition coefficient (Wildman–Crippen LogP) is 2.90. The van der Waals surface area contributed by atoms with Crippen molar-refractivity contribution >= 4 is 12.0 Å². The van der Waals surface area contributed by atoms with Gasteiger partial charge in [0, 0.05) is 31.9 Å². The summed E-state index contributed by atoms with van der Waals surface area (Å²) in [5.74, 6) is 1.78. The number of hydrogen-bond acceptors (Lipinski definition) is 4. The lowest BCUT2D eigenvalue weighted by atomic mass is 10.2. The Hall–Kier alpha value is -2.01. The quantitative estimate of drug-likeness (QED) is 0.532. The molecule has 1 N–H and O–H groups in total. The molecule has 5 nitrogen and oxygen atoms in total. The SMILES string of the molecule is COc1cc(/C=C/C(=O)NCCCOCC(C)C)cc(OC)c1. The number of rotatable bonds is 10. The van der Waals surface area contributed by atoms with Crippen LogP contribution < -0.4 is 14.8 Å². The largest absolute Gasteiger partial charge is 0.497 e. The van der Waals surface area contributed by atoms with E-state index in [0.29, 0.717) is 30.6 Å². The number of ether oxygens (including phenoxy) is 3. The molecule has 0 fully saturated rings. The first-order chi connectivity index (χ1) is 11.0. The zero-order valence-electron chi connectivity index (χ0n) is 14.4. The van der Waals surface area contributed by atoms with Crippen molar-refractivity contribution in [2.75, 3.05) is 34.0 Å². The van der Waals surface area contributed by atoms with Crippen molar-refractivity contribution in [2.45, 2.75) is 20.3 Å². The first-order valence-electron chi connectivity index (χ1n) is 7.82. The first-order valence-corrected chi connectivity index (χ1v) is 7.82. The predicted molar refractivity (Wildman–Crippen MR) is 91.9 cm³/mol. The van der Waals surface area contributed by atoms with Crippen molar-refractivity contribution < 1.29 is 19.0 Å². The van der Waals surface area contributed by atoms with Crippen molar-refractivity contribution in [3.05, 3.63) is 29.8 Å². The third kappa shape index (κ3) is 8.26. The van der Waals surface area contributed by atoms with Gasteiger partial charge in [0.2, 0.25) is 5.91 Å². The highest BCUT2D eigenvalue weighted by atomic mass is 16.5. The lowest BCUT2D eigenvalue weighted by Gasteiger charge is -2.07. The number of nitrogens with one attached hydrogen (secondary N) is 1. The van der Waals surface area contributed by atoms with E-state index in [0.717, 1.165) is 18.6 Å². The molecule has 0 unspecified atom stereocenters. The molecule has 1 rings (SSSR count). The molecule has 1 aromatic carbocycles. The van der Waals surface area contributed by atoms with Crippen molar-refractivity contribution in [3.63, 3.8) is 0 Å². The summed E-state index contributed by atoms with van der Waals surface area (Å²) in [5.41, 5.74) is 0.844. The molecule has 0 bridgehead atoms. The molecule has 5 heteroatoms. The number of carbonyl (C=O) groups excluding carboxylic acids is 1. The highest BCUT2D eigenvalue weighted by Gasteiger charge is 2.01. The fourth-order valence-corrected chi connectivity index (χ4v) is 1.86. The third-order valence-corrected chi connectivity index (χ3v) is 3.02. The van der Waals surface area contributed by atoms with Gasteiger partial charge in [-0.25, -0.2) is 0 Å². The van der Waals surface area contributed by atoms with Crippen LogP contribution in [0.3, 0.4) is 0 Å². The number of carbonyl (C=O) groups is 1. The van der Waals surface area contributed by atoms with E-state index in [4.69, 9.17) is 14.2 Å². The average molecular weight is 321 g/mol. The Morgan fingerprint density at radius 1 is 1.17 bits per heavy atom. The second kappa shape index (κ2) is 10.7. The number of amides is 1. The molecule has 1 amide bonds. The van der Waals surface area contributed by atoms with Gasteiger partial charge in [0.25, 0.3) is 0 Å². The van der Waals surface area contributed by atoms with Gasteiger partial charge in [0.1, 0.15) is 11.5 Å². The van der Waals surface area contributed by atoms with E-state index in [1.165, 1.54) is 6.08 Å². The Labute approximate surface area is 138 Å². The highest BCUT2D eigenvalue weighted by Crippen LogP contribution is 2.23. The van der Waals surface area contributed by atoms with Crippen molar-refractivity contribution in [2.24, 2.45) is 5.92 Å². The molecule has 0 saturated heterocycles. The summed E-state index contributed by atoms with van der Waals surface area (Å²) in [6, 6.07) is 5.46. The van der Waals surface area contributed by atoms with Gasteiger partial charge in [-0.1, -0.05) is 13.8 Å². The summed E-state index contributed by atoms with van der Waals surface area (Å²) in [5, 5.41) is 2.83. The molecule has 0 aliphatic rings. The topological polar surface area (TPSA) is 56.8 Å². The molecular weight excluding hydrogens is 294 g/mol. The van der Waals surface area contributed by atoms with Crippen LogP contribution >= 0.6 is 0 Å². The van der Waals surface area contributed by atoms with Gasteiger partial charge >= 0.3 is 0 Å². The molecule has 0 radical (unpaired) electrons. The van der Waals surface area contributed by atoms with Gasteiger partial charge in [-0.3, -0.25) is 4.79 Å². The van der Waals surface area contributed by atoms with Crippen molar-refractivity contribution in [1.29, 1.82) is 0 Å². The standard InChI is InChI=1S/C18H27NO4/c1-14(2)13-23-9-5-8-19-18(20)7-6-15-10-16(21-3)12-17(11-15)22-4/h6-7,10-12,14H,5,8-9,13H2,1-4H3,(H,19,20)/b7-6+. The maximum atomic E-state index is 11.8. The van der Waals surface area contributed by atoms with Crippen LogP contribution in [0.25, 0.3) is 6.08 Å². The summed E-state index contributed by atoms with van der Waals surface area (Å²) in [4.78, 5) is 11.8. The minimum absolute atomic E-state index is 0.129. The molecule has 0 aliphatic heterocycles. The highest BCUT2D eigenvalue weighted by molar-refractivity contribution is 5.91. The Morgan fingerprint density at radius 2 is 1.83 bits per heavy atom. The average Bonchev–Trinajstić information content (AvgIpc) is 2.55. The lowest BCUT2D eigenvalue weighted by Crippen LogP contribution is -2.23. The van der Waals surface area contributed by atoms with Gasteiger partial charge in [0.05, 0.1) is 14.2 Å². The van der Waals surface area contributed by atoms with Gasteiger partial charge in [0.15, 0.2) is 0 Å². The van der Waals surface area contributed by atoms with Crippen LogP contribution in [0.5, 0.6) is 11.5 Å². The Balaban J connectivity index is 2.37. The monoisotopic (exact) mass is 321 g/mol. The summed E-state index contributed by atoms with van der Waals surface area (Å²) >= 11 is 0. The maximum absolute atomic E-state index is 11.8. The van der Waals surface area contributed by atoms with E-state index in [-0.39, 0.29) is 5.91 Å². The molecule has 23 heavy (non-hydrogen) atoms. The minimum Gasteiger partial charge on any atom is -0.497 e. The van der Waals surface area contributed by atoms with E-state index in [1.54, 1.807) is 26.4 Å². The lowest BCUT2D eigenvalue weighted by molar-refractivity contribution is -0.116. The zero-order chi connectivity index (χ0) is 17.1. The maximum Gasteiger partial charge on any atom is 0.244 e. The number of methoxy groups -OCH3 is 2. The van der Waals surface area contributed by atoms with Crippen LogP contribution in [0.4, 0.5) is 0 Å². The second-order valence-corrected chi connectivity index (χ2v) is 5.59. The molecular formula is C18H27NO4. The molecule has 128 valence electrons. The van der Waals surface area contributed by atoms with Crippen LogP contribution in [-0.4, -0.2) is 39.9 Å². The Kier molecular flexibility index (Phi) is 8.83. The minimum atomic E-state index is -0.129. The normalized spacial score (nSPS) is 11.0. The van der Waals surface area contributed by atoms with Gasteiger partial charge < -0.3 is 19.5 Å². The molecule has 0 saturated carbocycles. The first kappa shape index (κ1) is 19.0. The number of hydrogen-bond donors (Lipinski definition) is 1. The fourth-order valence-electron chi connectivity index (χ4n) is 1.86. The van der Waals surface area contributed by atoms with E-state index in [1.807, 2.05) is 12.1 Å². The van der Waals surface area contributed by atoms with E-state index in [9.17, 15) is 4.79 Å². The van der Waals surface area contributed by atoms with E-state index in [2.05, 4.69) is 19.2 Å². The molecule has 0 aliphatic carbocycles. The zero-order valence-corrected chi connectivity index (χ0v) is 14.4. The van der Waals surface area contributed by atoms with Crippen LogP contribution in [0, 0.1) is 5.92 Å². The van der Waals surface area contributed by atoms with Gasteiger partial charge in [-0.2, -0.15) is 0 Å². The molecule has 0 atom stereocenters. The molecule has 0 heterocycles. The molecule has 0 spiro atoms. The van der Waals surface area contributed by atoms with Gasteiger partial charge in [-0.05, 0) is 36.1 Å². The fraction of sp³-hybridized carbons (Fsp3) is 0.500. The third-order valence-electron chi connectivity index (χ3n) is 3.02. The van der Waals surface area contributed by atoms with Crippen LogP contribution in [0.2, 0.25) is 0 Å². The van der Waals surface area contributed by atoms with Crippen molar-refractivity contribution in [1.82, 2.24) is 5.32 Å². The van der Waals surface area contributed by atoms with Crippen molar-refractivity contribution in [3.8, 4) is 11.5 Å². The Bertz CT molecular complexity index is 489. The van der Waals surface area contributed by atoms with Crippen LogP contribution in [0.15, 0.2) is 24.3 Å². The second-order valence-electron chi connectivity index (χ2n) is 5.59. The smallest absolute Gasteiger partial charge is 0.244 e. The number of benzene rings is 1. The Morgan fingerprint density at radius 3 is 2.39 bits per heavy atom. The molecule has 1 aromatic rings. The van der Waals surface area contributed by atoms with Crippen LogP contribution in [-0.2, 0) is 9.53 Å². The van der Waals surface area contributed by atoms with E-state index < -0.39 is 0 Å². The summed E-state index contributed by atoms with van der Waals surface area (Å²) in [6.07, 6.45) is 4.04. The summed E-state index contributed by atoms with van der Waals surface area (Å²) in [7, 11) is 3.19. The molecule has 0 aromatic heterocycles.